The minimum absolute atomic E-state index is 0.0209. The normalized spacial score (nSPS) is 13.8. The van der Waals surface area contributed by atoms with Gasteiger partial charge in [-0.3, -0.25) is 9.78 Å². The third-order valence-electron chi connectivity index (χ3n) is 3.92. The molecule has 1 aliphatic heterocycles. The lowest BCUT2D eigenvalue weighted by Gasteiger charge is -2.22. The number of benzene rings is 1. The van der Waals surface area contributed by atoms with Gasteiger partial charge in [-0.15, -0.1) is 0 Å². The monoisotopic (exact) mass is 342 g/mol. The van der Waals surface area contributed by atoms with Crippen LogP contribution in [0.2, 0.25) is 0 Å². The summed E-state index contributed by atoms with van der Waals surface area (Å²) in [5.74, 6) is -0.186. The zero-order chi connectivity index (χ0) is 17.8. The van der Waals surface area contributed by atoms with Crippen LogP contribution in [0.1, 0.15) is 45.8 Å². The van der Waals surface area contributed by atoms with Gasteiger partial charge in [-0.1, -0.05) is 13.0 Å². The van der Waals surface area contributed by atoms with Gasteiger partial charge in [0.05, 0.1) is 11.6 Å². The third kappa shape index (κ3) is 3.71. The van der Waals surface area contributed by atoms with E-state index in [1.807, 2.05) is 25.1 Å². The van der Waals surface area contributed by atoms with Gasteiger partial charge in [0.25, 0.3) is 5.91 Å². The van der Waals surface area contributed by atoms with Crippen molar-refractivity contribution in [2.24, 2.45) is 0 Å². The second-order valence-electron chi connectivity index (χ2n) is 5.57. The van der Waals surface area contributed by atoms with Crippen LogP contribution < -0.4 is 14.8 Å². The van der Waals surface area contributed by atoms with E-state index >= 15 is 0 Å². The lowest BCUT2D eigenvalue weighted by atomic mass is 10.0. The van der Waals surface area contributed by atoms with Crippen LogP contribution in [0.3, 0.4) is 0 Å². The second-order valence-corrected chi connectivity index (χ2v) is 5.57. The van der Waals surface area contributed by atoms with Crippen molar-refractivity contribution in [1.29, 1.82) is 0 Å². The average molecular weight is 342 g/mol. The summed E-state index contributed by atoms with van der Waals surface area (Å²) in [5, 5.41) is 11.9. The zero-order valence-electron chi connectivity index (χ0n) is 13.7. The van der Waals surface area contributed by atoms with E-state index in [0.717, 1.165) is 5.56 Å². The van der Waals surface area contributed by atoms with Crippen molar-refractivity contribution in [3.05, 3.63) is 53.3 Å². The number of amides is 1. The highest BCUT2D eigenvalue weighted by Crippen LogP contribution is 2.33. The molecule has 2 heterocycles. The Labute approximate surface area is 144 Å². The molecule has 3 rings (SSSR count). The second kappa shape index (κ2) is 7.21. The molecule has 25 heavy (non-hydrogen) atoms. The van der Waals surface area contributed by atoms with Gasteiger partial charge in [-0.05, 0) is 36.2 Å². The number of nitrogens with one attached hydrogen (secondary N) is 1. The first kappa shape index (κ1) is 16.8. The highest BCUT2D eigenvalue weighted by molar-refractivity contribution is 5.96. The van der Waals surface area contributed by atoms with E-state index in [0.29, 0.717) is 31.1 Å². The fourth-order valence-electron chi connectivity index (χ4n) is 2.62. The summed E-state index contributed by atoms with van der Waals surface area (Å²) < 4.78 is 11.1. The van der Waals surface area contributed by atoms with Crippen LogP contribution in [-0.2, 0) is 0 Å². The number of pyridine rings is 1. The number of ether oxygens (including phenoxy) is 2. The van der Waals surface area contributed by atoms with E-state index in [-0.39, 0.29) is 17.3 Å². The molecule has 1 aromatic carbocycles. The Morgan fingerprint density at radius 1 is 1.20 bits per heavy atom. The molecule has 0 saturated heterocycles. The molecule has 7 nitrogen and oxygen atoms in total. The molecule has 130 valence electrons. The van der Waals surface area contributed by atoms with E-state index in [1.165, 1.54) is 18.3 Å². The fourth-order valence-corrected chi connectivity index (χ4v) is 2.62. The number of carbonyl (C=O) groups is 2. The number of aromatic nitrogens is 1. The van der Waals surface area contributed by atoms with Crippen LogP contribution in [0.4, 0.5) is 0 Å². The first-order valence-electron chi connectivity index (χ1n) is 7.98. The molecule has 1 unspecified atom stereocenters. The van der Waals surface area contributed by atoms with Crippen molar-refractivity contribution >= 4 is 11.9 Å². The molecule has 0 radical (unpaired) electrons. The first-order chi connectivity index (χ1) is 12.1. The van der Waals surface area contributed by atoms with Crippen LogP contribution in [0.25, 0.3) is 0 Å². The summed E-state index contributed by atoms with van der Waals surface area (Å²) >= 11 is 0. The lowest BCUT2D eigenvalue weighted by Crippen LogP contribution is -2.29. The summed E-state index contributed by atoms with van der Waals surface area (Å²) in [6.45, 7) is 2.96. The number of hydrogen-bond donors (Lipinski definition) is 2. The van der Waals surface area contributed by atoms with Gasteiger partial charge in [0.2, 0.25) is 0 Å². The predicted molar refractivity (Wildman–Crippen MR) is 89.1 cm³/mol. The number of carboxylic acids is 1. The zero-order valence-corrected chi connectivity index (χ0v) is 13.7. The topological polar surface area (TPSA) is 97.8 Å². The predicted octanol–water partition coefficient (Wildman–Crippen LogP) is 2.43. The number of hydrogen-bond acceptors (Lipinski definition) is 5. The van der Waals surface area contributed by atoms with E-state index in [4.69, 9.17) is 14.6 Å². The first-order valence-corrected chi connectivity index (χ1v) is 7.98. The molecule has 7 heteroatoms. The molecular weight excluding hydrogens is 324 g/mol. The highest BCUT2D eigenvalue weighted by Gasteiger charge is 2.19. The average Bonchev–Trinajstić information content (AvgIpc) is 2.65. The molecule has 1 amide bonds. The van der Waals surface area contributed by atoms with E-state index in [1.54, 1.807) is 0 Å². The maximum atomic E-state index is 12.4. The summed E-state index contributed by atoms with van der Waals surface area (Å²) in [4.78, 5) is 27.4. The number of carboxylic acid groups (broad SMARTS) is 1. The van der Waals surface area contributed by atoms with Gasteiger partial charge in [-0.25, -0.2) is 4.79 Å². The molecule has 1 aliphatic rings. The Bertz CT molecular complexity index is 806. The Hall–Kier alpha value is -3.09. The Kier molecular flexibility index (Phi) is 4.83. The van der Waals surface area contributed by atoms with Gasteiger partial charge in [0, 0.05) is 6.20 Å². The van der Waals surface area contributed by atoms with Crippen molar-refractivity contribution in [2.45, 2.75) is 19.4 Å². The Morgan fingerprint density at radius 2 is 1.96 bits per heavy atom. The van der Waals surface area contributed by atoms with Crippen molar-refractivity contribution in [1.82, 2.24) is 10.3 Å². The standard InChI is InChI=1S/C18H18N2O5/c1-2-13(11-3-4-15-16(10-11)25-8-7-24-15)20-17(21)14-9-12(18(22)23)5-6-19-14/h3-6,9-10,13H,2,7-8H2,1H3,(H,20,21)(H,22,23). The minimum Gasteiger partial charge on any atom is -0.486 e. The molecule has 0 aliphatic carbocycles. The Balaban J connectivity index is 1.79. The van der Waals surface area contributed by atoms with Crippen molar-refractivity contribution < 1.29 is 24.2 Å². The minimum atomic E-state index is -1.10. The molecular formula is C18H18N2O5. The maximum Gasteiger partial charge on any atom is 0.335 e. The molecule has 0 spiro atoms. The highest BCUT2D eigenvalue weighted by atomic mass is 16.6. The Morgan fingerprint density at radius 3 is 2.68 bits per heavy atom. The van der Waals surface area contributed by atoms with Gasteiger partial charge in [0.1, 0.15) is 18.9 Å². The number of carbonyl (C=O) groups excluding carboxylic acids is 1. The molecule has 2 N–H and O–H groups in total. The number of aromatic carboxylic acids is 1. The van der Waals surface area contributed by atoms with Crippen molar-refractivity contribution in [3.63, 3.8) is 0 Å². The van der Waals surface area contributed by atoms with Crippen LogP contribution in [-0.4, -0.2) is 35.2 Å². The van der Waals surface area contributed by atoms with Gasteiger partial charge in [-0.2, -0.15) is 0 Å². The van der Waals surface area contributed by atoms with E-state index in [2.05, 4.69) is 10.3 Å². The molecule has 1 atom stereocenters. The van der Waals surface area contributed by atoms with E-state index < -0.39 is 11.9 Å². The van der Waals surface area contributed by atoms with Crippen LogP contribution >= 0.6 is 0 Å². The summed E-state index contributed by atoms with van der Waals surface area (Å²) in [6, 6.07) is 7.90. The smallest absolute Gasteiger partial charge is 0.335 e. The molecule has 0 fully saturated rings. The summed E-state index contributed by atoms with van der Waals surface area (Å²) in [6.07, 6.45) is 1.97. The van der Waals surface area contributed by atoms with Gasteiger partial charge < -0.3 is 19.9 Å². The van der Waals surface area contributed by atoms with Crippen molar-refractivity contribution in [3.8, 4) is 11.5 Å². The molecule has 2 aromatic rings. The summed E-state index contributed by atoms with van der Waals surface area (Å²) in [7, 11) is 0. The third-order valence-corrected chi connectivity index (χ3v) is 3.92. The number of nitrogens with zero attached hydrogens (tertiary/aromatic N) is 1. The quantitative estimate of drug-likeness (QED) is 0.866. The van der Waals surface area contributed by atoms with Gasteiger partial charge in [0.15, 0.2) is 11.5 Å². The summed E-state index contributed by atoms with van der Waals surface area (Å²) in [5.41, 5.74) is 0.970. The van der Waals surface area contributed by atoms with Crippen LogP contribution in [0.15, 0.2) is 36.5 Å². The van der Waals surface area contributed by atoms with Crippen molar-refractivity contribution in [2.75, 3.05) is 13.2 Å². The SMILES string of the molecule is CCC(NC(=O)c1cc(C(=O)O)ccn1)c1ccc2c(c1)OCCO2. The maximum absolute atomic E-state index is 12.4. The molecule has 0 bridgehead atoms. The number of fused-ring (bicyclic) bond motifs is 1. The lowest BCUT2D eigenvalue weighted by molar-refractivity contribution is 0.0696. The molecule has 0 saturated carbocycles. The van der Waals surface area contributed by atoms with E-state index in [9.17, 15) is 9.59 Å². The van der Waals surface area contributed by atoms with Gasteiger partial charge >= 0.3 is 5.97 Å². The van der Waals surface area contributed by atoms with Crippen LogP contribution in [0.5, 0.6) is 11.5 Å². The van der Waals surface area contributed by atoms with Crippen LogP contribution in [0, 0.1) is 0 Å². The molecule has 1 aromatic heterocycles. The fraction of sp³-hybridized carbons (Fsp3) is 0.278. The number of rotatable bonds is 5. The largest absolute Gasteiger partial charge is 0.486 e.